The molecule has 31 heavy (non-hydrogen) atoms. The number of hydrogen-bond donors (Lipinski definition) is 3. The van der Waals surface area contributed by atoms with E-state index in [1.807, 2.05) is 6.07 Å². The zero-order valence-corrected chi connectivity index (χ0v) is 19.7. The molecule has 0 bridgehead atoms. The predicted molar refractivity (Wildman–Crippen MR) is 124 cm³/mol. The van der Waals surface area contributed by atoms with Crippen molar-refractivity contribution in [3.63, 3.8) is 0 Å². The van der Waals surface area contributed by atoms with Crippen LogP contribution in [0.5, 0.6) is 5.75 Å². The highest BCUT2D eigenvalue weighted by Gasteiger charge is 2.31. The Bertz CT molecular complexity index is 1020. The van der Waals surface area contributed by atoms with Gasteiger partial charge >= 0.3 is 0 Å². The fourth-order valence-electron chi connectivity index (χ4n) is 3.32. The molecule has 9 heteroatoms. The summed E-state index contributed by atoms with van der Waals surface area (Å²) in [6, 6.07) is 3.31. The van der Waals surface area contributed by atoms with Gasteiger partial charge in [-0.25, -0.2) is 4.98 Å². The van der Waals surface area contributed by atoms with Crippen LogP contribution in [0, 0.1) is 6.92 Å². The van der Waals surface area contributed by atoms with Crippen LogP contribution in [0.25, 0.3) is 0 Å². The maximum absolute atomic E-state index is 12.6. The van der Waals surface area contributed by atoms with Crippen molar-refractivity contribution < 1.29 is 14.7 Å². The first kappa shape index (κ1) is 23.1. The van der Waals surface area contributed by atoms with Gasteiger partial charge in [0.25, 0.3) is 5.91 Å². The number of anilines is 1. The molecule has 1 aliphatic heterocycles. The van der Waals surface area contributed by atoms with Crippen molar-refractivity contribution in [2.45, 2.75) is 45.7 Å². The molecule has 2 aromatic rings. The van der Waals surface area contributed by atoms with Gasteiger partial charge in [0.05, 0.1) is 24.0 Å². The Hall–Kier alpha value is -2.58. The van der Waals surface area contributed by atoms with E-state index in [1.165, 1.54) is 23.5 Å². The van der Waals surface area contributed by atoms with Crippen LogP contribution in [0.15, 0.2) is 24.8 Å². The third kappa shape index (κ3) is 5.19. The number of carbonyl (C=O) groups is 2. The molecule has 0 atom stereocenters. The standard InChI is InChI=1S/C22H27ClN4O3S/c1-6-19(29)27-10-13(11-27)26-21(30)20-12(2)25-18(31-20)9-24-16-7-14(22(3,4)5)15(23)8-17(16)28/h6-8,13,24,28H,1,9-11H2,2-5H3,(H,26,30). The van der Waals surface area contributed by atoms with E-state index in [4.69, 9.17) is 11.6 Å². The van der Waals surface area contributed by atoms with Crippen molar-refractivity contribution >= 4 is 40.4 Å². The Kier molecular flexibility index (Phi) is 6.62. The van der Waals surface area contributed by atoms with Crippen LogP contribution >= 0.6 is 22.9 Å². The quantitative estimate of drug-likeness (QED) is 0.447. The van der Waals surface area contributed by atoms with E-state index in [2.05, 4.69) is 43.0 Å². The maximum Gasteiger partial charge on any atom is 0.263 e. The lowest BCUT2D eigenvalue weighted by molar-refractivity contribution is -0.130. The summed E-state index contributed by atoms with van der Waals surface area (Å²) in [5.41, 5.74) is 1.97. The summed E-state index contributed by atoms with van der Waals surface area (Å²) in [5.74, 6) is -0.262. The van der Waals surface area contributed by atoms with Crippen molar-refractivity contribution in [2.75, 3.05) is 18.4 Å². The molecule has 1 fully saturated rings. The second-order valence-corrected chi connectivity index (χ2v) is 10.1. The lowest BCUT2D eigenvalue weighted by Crippen LogP contribution is -2.60. The number of hydrogen-bond acceptors (Lipinski definition) is 6. The zero-order chi connectivity index (χ0) is 22.9. The van der Waals surface area contributed by atoms with Gasteiger partial charge < -0.3 is 20.6 Å². The van der Waals surface area contributed by atoms with Crippen molar-refractivity contribution in [1.29, 1.82) is 0 Å². The normalized spacial score (nSPS) is 14.2. The first-order valence-corrected chi connectivity index (χ1v) is 11.1. The number of nitrogens with one attached hydrogen (secondary N) is 2. The molecule has 7 nitrogen and oxygen atoms in total. The van der Waals surface area contributed by atoms with Gasteiger partial charge in [-0.1, -0.05) is 39.0 Å². The minimum atomic E-state index is -0.193. The van der Waals surface area contributed by atoms with Crippen LogP contribution in [-0.2, 0) is 16.8 Å². The molecule has 1 aromatic carbocycles. The van der Waals surface area contributed by atoms with Crippen LogP contribution in [0.4, 0.5) is 5.69 Å². The smallest absolute Gasteiger partial charge is 0.263 e. The van der Waals surface area contributed by atoms with Crippen molar-refractivity contribution in [2.24, 2.45) is 0 Å². The van der Waals surface area contributed by atoms with Crippen molar-refractivity contribution in [1.82, 2.24) is 15.2 Å². The lowest BCUT2D eigenvalue weighted by Gasteiger charge is -2.38. The lowest BCUT2D eigenvalue weighted by atomic mass is 9.86. The van der Waals surface area contributed by atoms with Crippen molar-refractivity contribution in [3.05, 3.63) is 51.0 Å². The molecule has 0 saturated carbocycles. The Morgan fingerprint density at radius 1 is 1.39 bits per heavy atom. The first-order chi connectivity index (χ1) is 14.5. The molecule has 0 unspecified atom stereocenters. The van der Waals surface area contributed by atoms with Gasteiger partial charge in [0.2, 0.25) is 5.91 Å². The van der Waals surface area contributed by atoms with Gasteiger partial charge in [0.1, 0.15) is 15.6 Å². The number of halogens is 1. The monoisotopic (exact) mass is 462 g/mol. The topological polar surface area (TPSA) is 94.6 Å². The number of aromatic nitrogens is 1. The predicted octanol–water partition coefficient (Wildman–Crippen LogP) is 3.85. The summed E-state index contributed by atoms with van der Waals surface area (Å²) >= 11 is 7.59. The van der Waals surface area contributed by atoms with Gasteiger partial charge in [-0.2, -0.15) is 0 Å². The summed E-state index contributed by atoms with van der Waals surface area (Å²) in [4.78, 5) is 30.8. The van der Waals surface area contributed by atoms with Gasteiger partial charge in [-0.05, 0) is 30.0 Å². The van der Waals surface area contributed by atoms with E-state index in [1.54, 1.807) is 11.8 Å². The molecule has 166 valence electrons. The highest BCUT2D eigenvalue weighted by atomic mass is 35.5. The van der Waals surface area contributed by atoms with Crippen LogP contribution in [0.2, 0.25) is 5.02 Å². The maximum atomic E-state index is 12.6. The molecular weight excluding hydrogens is 436 g/mol. The number of benzene rings is 1. The highest BCUT2D eigenvalue weighted by molar-refractivity contribution is 7.13. The Labute approximate surface area is 191 Å². The van der Waals surface area contributed by atoms with Gasteiger partial charge in [0.15, 0.2) is 0 Å². The second-order valence-electron chi connectivity index (χ2n) is 8.59. The summed E-state index contributed by atoms with van der Waals surface area (Å²) in [5, 5.41) is 17.6. The van der Waals surface area contributed by atoms with E-state index in [0.717, 1.165) is 10.6 Å². The number of amides is 2. The summed E-state index contributed by atoms with van der Waals surface area (Å²) < 4.78 is 0. The summed E-state index contributed by atoms with van der Waals surface area (Å²) in [6.07, 6.45) is 1.27. The fraction of sp³-hybridized carbons (Fsp3) is 0.409. The Morgan fingerprint density at radius 2 is 2.06 bits per heavy atom. The van der Waals surface area contributed by atoms with E-state index in [-0.39, 0.29) is 29.0 Å². The average Bonchev–Trinajstić information content (AvgIpc) is 3.02. The van der Waals surface area contributed by atoms with Gasteiger partial charge in [0, 0.05) is 24.2 Å². The van der Waals surface area contributed by atoms with Crippen LogP contribution in [-0.4, -0.2) is 45.9 Å². The molecular formula is C22H27ClN4O3S. The fourth-order valence-corrected chi connectivity index (χ4v) is 4.67. The molecule has 1 saturated heterocycles. The number of rotatable bonds is 6. The minimum absolute atomic E-state index is 0.0628. The average molecular weight is 463 g/mol. The van der Waals surface area contributed by atoms with Crippen molar-refractivity contribution in [3.8, 4) is 5.75 Å². The van der Waals surface area contributed by atoms with E-state index >= 15 is 0 Å². The largest absolute Gasteiger partial charge is 0.506 e. The molecule has 1 aliphatic rings. The molecule has 1 aromatic heterocycles. The summed E-state index contributed by atoms with van der Waals surface area (Å²) in [6.45, 7) is 12.7. The SMILES string of the molecule is C=CC(=O)N1CC(NC(=O)c2sc(CNc3cc(C(C)(C)C)c(Cl)cc3O)nc2C)C1. The van der Waals surface area contributed by atoms with E-state index in [0.29, 0.717) is 40.9 Å². The molecule has 2 heterocycles. The van der Waals surface area contributed by atoms with Gasteiger partial charge in [-0.15, -0.1) is 11.3 Å². The number of thiazole rings is 1. The molecule has 0 spiro atoms. The highest BCUT2D eigenvalue weighted by Crippen LogP contribution is 2.37. The molecule has 0 aliphatic carbocycles. The molecule has 2 amide bonds. The zero-order valence-electron chi connectivity index (χ0n) is 18.1. The Morgan fingerprint density at radius 3 is 2.68 bits per heavy atom. The molecule has 3 N–H and O–H groups in total. The van der Waals surface area contributed by atoms with Crippen LogP contribution in [0.3, 0.4) is 0 Å². The number of phenolic OH excluding ortho intramolecular Hbond substituents is 1. The number of aromatic hydroxyl groups is 1. The van der Waals surface area contributed by atoms with E-state index < -0.39 is 0 Å². The number of likely N-dealkylation sites (tertiary alicyclic amines) is 1. The number of phenols is 1. The van der Waals surface area contributed by atoms with Gasteiger partial charge in [-0.3, -0.25) is 9.59 Å². The molecule has 0 radical (unpaired) electrons. The number of carbonyl (C=O) groups excluding carboxylic acids is 2. The van der Waals surface area contributed by atoms with Crippen LogP contribution in [0.1, 0.15) is 46.7 Å². The van der Waals surface area contributed by atoms with E-state index in [9.17, 15) is 14.7 Å². The second kappa shape index (κ2) is 8.88. The molecule has 3 rings (SSSR count). The number of aryl methyl sites for hydroxylation is 1. The summed E-state index contributed by atoms with van der Waals surface area (Å²) in [7, 11) is 0. The third-order valence-electron chi connectivity index (χ3n) is 5.07. The third-order valence-corrected chi connectivity index (χ3v) is 6.54. The van der Waals surface area contributed by atoms with Crippen LogP contribution < -0.4 is 10.6 Å². The Balaban J connectivity index is 1.64. The number of nitrogens with zero attached hydrogens (tertiary/aromatic N) is 2. The first-order valence-electron chi connectivity index (χ1n) is 9.95. The minimum Gasteiger partial charge on any atom is -0.506 e.